The highest BCUT2D eigenvalue weighted by Crippen LogP contribution is 2.22. The summed E-state index contributed by atoms with van der Waals surface area (Å²) in [6.07, 6.45) is 12.3. The van der Waals surface area contributed by atoms with Gasteiger partial charge in [0.1, 0.15) is 5.82 Å². The van der Waals surface area contributed by atoms with Crippen molar-refractivity contribution in [3.05, 3.63) is 108 Å². The number of imidazole rings is 1. The molecule has 2 aromatic carbocycles. The van der Waals surface area contributed by atoms with Gasteiger partial charge in [0.05, 0.1) is 10.6 Å². The molecule has 0 aliphatic heterocycles. The quantitative estimate of drug-likeness (QED) is 0.405. The predicted molar refractivity (Wildman–Crippen MR) is 134 cm³/mol. The molecule has 0 saturated carbocycles. The van der Waals surface area contributed by atoms with E-state index in [1.807, 2.05) is 86.2 Å². The Morgan fingerprint density at radius 2 is 1.62 bits per heavy atom. The molecule has 1 aromatic heterocycles. The highest BCUT2D eigenvalue weighted by molar-refractivity contribution is 7.90. The molecule has 1 aliphatic rings. The van der Waals surface area contributed by atoms with Gasteiger partial charge in [-0.1, -0.05) is 67.9 Å². The summed E-state index contributed by atoms with van der Waals surface area (Å²) >= 11 is 5.59. The van der Waals surface area contributed by atoms with Crippen LogP contribution in [0.5, 0.6) is 0 Å². The summed E-state index contributed by atoms with van der Waals surface area (Å²) in [5, 5.41) is 0.718. The first-order valence-corrected chi connectivity index (χ1v) is 12.5. The van der Waals surface area contributed by atoms with Crippen LogP contribution in [0.25, 0.3) is 16.9 Å². The van der Waals surface area contributed by atoms with Crippen molar-refractivity contribution in [3.63, 3.8) is 0 Å². The molecule has 0 radical (unpaired) electrons. The lowest BCUT2D eigenvalue weighted by atomic mass is 10.2. The smallest absolute Gasteiger partial charge is 0.175 e. The largest absolute Gasteiger partial charge is 0.303 e. The summed E-state index contributed by atoms with van der Waals surface area (Å²) in [5.41, 5.74) is 5.70. The van der Waals surface area contributed by atoms with Crippen molar-refractivity contribution in [2.75, 3.05) is 6.26 Å². The SMILES string of the molecule is CC.Cc1nc(-c2ccccc2)cn1-c1ccc(S(C)(=O)=O)cc1.ClC1=CC=CC=C=C1. The lowest BCUT2D eigenvalue weighted by molar-refractivity contribution is 0.602. The molecule has 1 heterocycles. The van der Waals surface area contributed by atoms with Crippen molar-refractivity contribution in [2.24, 2.45) is 0 Å². The van der Waals surface area contributed by atoms with Gasteiger partial charge in [-0.15, -0.1) is 5.73 Å². The van der Waals surface area contributed by atoms with Gasteiger partial charge in [-0.25, -0.2) is 13.4 Å². The van der Waals surface area contributed by atoms with E-state index in [1.165, 1.54) is 6.26 Å². The summed E-state index contributed by atoms with van der Waals surface area (Å²) < 4.78 is 25.0. The van der Waals surface area contributed by atoms with E-state index < -0.39 is 9.84 Å². The zero-order chi connectivity index (χ0) is 23.6. The molecule has 0 atom stereocenters. The van der Waals surface area contributed by atoms with Crippen molar-refractivity contribution in [1.82, 2.24) is 9.55 Å². The molecule has 166 valence electrons. The minimum atomic E-state index is -3.17. The summed E-state index contributed by atoms with van der Waals surface area (Å²) in [6, 6.07) is 16.8. The number of halogens is 1. The predicted octanol–water partition coefficient (Wildman–Crippen LogP) is 6.67. The Kier molecular flexibility index (Phi) is 9.48. The fourth-order valence-electron chi connectivity index (χ4n) is 2.77. The molecule has 32 heavy (non-hydrogen) atoms. The zero-order valence-electron chi connectivity index (χ0n) is 18.7. The molecule has 0 saturated heterocycles. The number of sulfone groups is 1. The Hall–Kier alpha value is -3.11. The van der Waals surface area contributed by atoms with Gasteiger partial charge in [-0.05, 0) is 49.4 Å². The summed E-state index contributed by atoms with van der Waals surface area (Å²) in [7, 11) is -3.17. The Morgan fingerprint density at radius 1 is 0.969 bits per heavy atom. The van der Waals surface area contributed by atoms with E-state index in [1.54, 1.807) is 30.3 Å². The number of hydrogen-bond acceptors (Lipinski definition) is 3. The Balaban J connectivity index is 0.000000304. The van der Waals surface area contributed by atoms with Crippen molar-refractivity contribution in [3.8, 4) is 16.9 Å². The number of benzene rings is 2. The van der Waals surface area contributed by atoms with Crippen LogP contribution < -0.4 is 0 Å². The first kappa shape index (κ1) is 25.2. The van der Waals surface area contributed by atoms with Gasteiger partial charge in [-0.3, -0.25) is 0 Å². The van der Waals surface area contributed by atoms with Gasteiger partial charge >= 0.3 is 0 Å². The molecule has 0 N–H and O–H groups in total. The number of aromatic nitrogens is 2. The van der Waals surface area contributed by atoms with Gasteiger partial charge in [0.25, 0.3) is 0 Å². The normalized spacial score (nSPS) is 12.1. The molecule has 0 amide bonds. The van der Waals surface area contributed by atoms with Crippen LogP contribution in [0.15, 0.2) is 107 Å². The van der Waals surface area contributed by atoms with Crippen molar-refractivity contribution in [1.29, 1.82) is 0 Å². The third-order valence-electron chi connectivity index (χ3n) is 4.28. The second-order valence-corrected chi connectivity index (χ2v) is 9.04. The fourth-order valence-corrected chi connectivity index (χ4v) is 3.54. The maximum atomic E-state index is 11.5. The molecule has 0 unspecified atom stereocenters. The average molecular weight is 467 g/mol. The highest BCUT2D eigenvalue weighted by atomic mass is 35.5. The van der Waals surface area contributed by atoms with Crippen molar-refractivity contribution < 1.29 is 8.42 Å². The third-order valence-corrected chi connectivity index (χ3v) is 5.64. The van der Waals surface area contributed by atoms with Crippen LogP contribution in [0.3, 0.4) is 0 Å². The Bertz CT molecular complexity index is 1250. The Morgan fingerprint density at radius 3 is 2.25 bits per heavy atom. The molecule has 6 heteroatoms. The number of hydrogen-bond donors (Lipinski definition) is 0. The molecule has 0 bridgehead atoms. The molecular formula is C26H27ClN2O2S. The van der Waals surface area contributed by atoms with Crippen LogP contribution in [-0.2, 0) is 9.84 Å². The lowest BCUT2D eigenvalue weighted by Crippen LogP contribution is -1.99. The third kappa shape index (κ3) is 7.24. The molecule has 3 aromatic rings. The first-order chi connectivity index (χ1) is 15.3. The van der Waals surface area contributed by atoms with E-state index in [0.29, 0.717) is 4.90 Å². The van der Waals surface area contributed by atoms with Gasteiger partial charge in [0, 0.05) is 28.7 Å². The molecule has 1 aliphatic carbocycles. The maximum Gasteiger partial charge on any atom is 0.175 e. The van der Waals surface area contributed by atoms with E-state index in [-0.39, 0.29) is 0 Å². The van der Waals surface area contributed by atoms with Gasteiger partial charge < -0.3 is 4.57 Å². The first-order valence-electron chi connectivity index (χ1n) is 10.2. The van der Waals surface area contributed by atoms with Crippen LogP contribution in [0.1, 0.15) is 19.7 Å². The van der Waals surface area contributed by atoms with E-state index in [0.717, 1.165) is 27.8 Å². The molecule has 0 spiro atoms. The molecule has 4 rings (SSSR count). The summed E-state index contributed by atoms with van der Waals surface area (Å²) in [4.78, 5) is 4.89. The summed E-state index contributed by atoms with van der Waals surface area (Å²) in [6.45, 7) is 5.93. The second kappa shape index (κ2) is 12.1. The minimum Gasteiger partial charge on any atom is -0.303 e. The standard InChI is InChI=1S/C17H16N2O2S.C7H5Cl.C2H6/c1-13-18-17(14-6-4-3-5-7-14)12-19(13)15-8-10-16(11-9-15)22(2,20)21;8-7-5-3-1-2-4-6-7;1-2/h3-12H,1-2H3;1-3,5-6H;1-2H3. The average Bonchev–Trinajstić information content (AvgIpc) is 3.03. The van der Waals surface area contributed by atoms with Crippen LogP contribution in [0.4, 0.5) is 0 Å². The number of allylic oxidation sites excluding steroid dienone is 5. The van der Waals surface area contributed by atoms with Crippen molar-refractivity contribution >= 4 is 21.4 Å². The number of aryl methyl sites for hydroxylation is 1. The van der Waals surface area contributed by atoms with Crippen LogP contribution in [0, 0.1) is 6.92 Å². The fraction of sp³-hybridized carbons (Fsp3) is 0.154. The monoisotopic (exact) mass is 466 g/mol. The Labute approximate surface area is 195 Å². The van der Waals surface area contributed by atoms with E-state index in [4.69, 9.17) is 11.6 Å². The second-order valence-electron chi connectivity index (χ2n) is 6.59. The minimum absolute atomic E-state index is 0.317. The van der Waals surface area contributed by atoms with Crippen LogP contribution in [0.2, 0.25) is 0 Å². The van der Waals surface area contributed by atoms with Gasteiger partial charge in [0.2, 0.25) is 0 Å². The van der Waals surface area contributed by atoms with Crippen LogP contribution >= 0.6 is 11.6 Å². The molecule has 4 nitrogen and oxygen atoms in total. The van der Waals surface area contributed by atoms with Gasteiger partial charge in [0.15, 0.2) is 9.84 Å². The van der Waals surface area contributed by atoms with E-state index in [2.05, 4.69) is 10.7 Å². The summed E-state index contributed by atoms with van der Waals surface area (Å²) in [5.74, 6) is 0.853. The molecular weight excluding hydrogens is 440 g/mol. The van der Waals surface area contributed by atoms with Gasteiger partial charge in [-0.2, -0.15) is 0 Å². The zero-order valence-corrected chi connectivity index (χ0v) is 20.2. The topological polar surface area (TPSA) is 52.0 Å². The van der Waals surface area contributed by atoms with Crippen molar-refractivity contribution in [2.45, 2.75) is 25.7 Å². The highest BCUT2D eigenvalue weighted by Gasteiger charge is 2.10. The lowest BCUT2D eigenvalue weighted by Gasteiger charge is -2.05. The van der Waals surface area contributed by atoms with E-state index >= 15 is 0 Å². The van der Waals surface area contributed by atoms with E-state index in [9.17, 15) is 8.42 Å². The number of nitrogens with zero attached hydrogens (tertiary/aromatic N) is 2. The number of rotatable bonds is 3. The maximum absolute atomic E-state index is 11.5. The van der Waals surface area contributed by atoms with Crippen LogP contribution in [-0.4, -0.2) is 24.2 Å². The molecule has 0 fully saturated rings.